The third kappa shape index (κ3) is 2.67. The van der Waals surface area contributed by atoms with Crippen LogP contribution >= 0.6 is 0 Å². The number of benzene rings is 1. The fourth-order valence-corrected chi connectivity index (χ4v) is 2.21. The first-order valence-electron chi connectivity index (χ1n) is 5.40. The van der Waals surface area contributed by atoms with E-state index >= 15 is 0 Å². The molecule has 0 radical (unpaired) electrons. The Morgan fingerprint density at radius 2 is 1.88 bits per heavy atom. The van der Waals surface area contributed by atoms with E-state index < -0.39 is 11.6 Å². The Morgan fingerprint density at radius 1 is 1.24 bits per heavy atom. The van der Waals surface area contributed by atoms with Gasteiger partial charge in [0.2, 0.25) is 0 Å². The number of hydrogen-bond acceptors (Lipinski definition) is 0. The predicted octanol–water partition coefficient (Wildman–Crippen LogP) is 2.74. The second kappa shape index (κ2) is 5.15. The Labute approximate surface area is 111 Å². The second-order valence-corrected chi connectivity index (χ2v) is 4.89. The van der Waals surface area contributed by atoms with Crippen molar-refractivity contribution < 1.29 is 29.2 Å². The zero-order valence-corrected chi connectivity index (χ0v) is 11.0. The monoisotopic (exact) mass is 268 g/mol. The van der Waals surface area contributed by atoms with Gasteiger partial charge in [-0.1, -0.05) is 0 Å². The van der Waals surface area contributed by atoms with E-state index in [1.165, 1.54) is 32.6 Å². The van der Waals surface area contributed by atoms with E-state index in [1.54, 1.807) is 0 Å². The maximum absolute atomic E-state index is 13.9. The van der Waals surface area contributed by atoms with Crippen molar-refractivity contribution >= 4 is 3.87 Å². The van der Waals surface area contributed by atoms with Gasteiger partial charge in [-0.3, -0.25) is 0 Å². The zero-order chi connectivity index (χ0) is 12.4. The zero-order valence-electron chi connectivity index (χ0n) is 9.45. The molecule has 1 atom stereocenters. The molecule has 0 aliphatic heterocycles. The van der Waals surface area contributed by atoms with Crippen molar-refractivity contribution in [1.29, 1.82) is 0 Å². The number of hydrogen-bond donors (Lipinski definition) is 0. The minimum atomic E-state index is -0.487. The standard InChI is InChI=1S/C13H12F2N.Ti/c1-10(9-16-6-2-3-7-16)12-5-4-11(14)8-13(12)15;/h2-7,10H,9H2,1H3;. The minimum absolute atomic E-state index is 0.0155. The van der Waals surface area contributed by atoms with Crippen molar-refractivity contribution in [2.45, 2.75) is 19.4 Å². The topological polar surface area (TPSA) is 4.93 Å². The van der Waals surface area contributed by atoms with Gasteiger partial charge in [0.25, 0.3) is 0 Å². The molecule has 0 amide bonds. The third-order valence-electron chi connectivity index (χ3n) is 2.80. The average molecular weight is 268 g/mol. The average Bonchev–Trinajstić information content (AvgIpc) is 2.78. The molecule has 1 unspecified atom stereocenters. The van der Waals surface area contributed by atoms with Crippen LogP contribution in [0.2, 0.25) is 0 Å². The Bertz CT molecular complexity index is 508. The summed E-state index contributed by atoms with van der Waals surface area (Å²) in [5.74, 6) is -0.897. The van der Waals surface area contributed by atoms with Crippen molar-refractivity contribution in [3.8, 4) is 0 Å². The van der Waals surface area contributed by atoms with Crippen LogP contribution in [0.4, 0.5) is 8.78 Å². The summed E-state index contributed by atoms with van der Waals surface area (Å²) in [6, 6.07) is 6.73. The summed E-state index contributed by atoms with van der Waals surface area (Å²) in [5, 5.41) is 0. The molecule has 0 bridgehead atoms. The molecule has 0 saturated heterocycles. The van der Waals surface area contributed by atoms with Gasteiger partial charge in [-0.15, -0.1) is 0 Å². The second-order valence-electron chi connectivity index (χ2n) is 4.11. The van der Waals surface area contributed by atoms with E-state index in [4.69, 9.17) is 0 Å². The summed E-state index contributed by atoms with van der Waals surface area (Å²) in [7, 11) is 0. The molecule has 4 heteroatoms. The molecular formula is C13H12F2NTi. The van der Waals surface area contributed by atoms with E-state index in [0.717, 1.165) is 0 Å². The molecule has 0 N–H and O–H groups in total. The van der Waals surface area contributed by atoms with Crippen LogP contribution in [0.3, 0.4) is 0 Å². The molecule has 1 aromatic carbocycles. The Kier molecular flexibility index (Phi) is 3.80. The summed E-state index contributed by atoms with van der Waals surface area (Å²) >= 11 is 1.47. The molecule has 87 valence electrons. The molecule has 17 heavy (non-hydrogen) atoms. The van der Waals surface area contributed by atoms with E-state index in [2.05, 4.69) is 0 Å². The summed E-state index contributed by atoms with van der Waals surface area (Å²) in [6.07, 6.45) is 3.87. The van der Waals surface area contributed by atoms with Crippen LogP contribution in [-0.4, -0.2) is 4.57 Å². The van der Waals surface area contributed by atoms with Gasteiger partial charge in [0.15, 0.2) is 0 Å². The van der Waals surface area contributed by atoms with Crippen LogP contribution in [-0.2, 0) is 27.0 Å². The summed E-state index contributed by atoms with van der Waals surface area (Å²) in [5.41, 5.74) is 0.567. The molecule has 2 aromatic rings. The Balaban J connectivity index is 2.25. The molecule has 0 spiro atoms. The summed E-state index contributed by atoms with van der Waals surface area (Å²) in [6.45, 7) is 2.63. The van der Waals surface area contributed by atoms with E-state index in [9.17, 15) is 8.78 Å². The van der Waals surface area contributed by atoms with Crippen LogP contribution in [0.5, 0.6) is 0 Å². The van der Waals surface area contributed by atoms with Crippen molar-refractivity contribution in [1.82, 2.24) is 4.57 Å². The molecule has 2 rings (SSSR count). The van der Waals surface area contributed by atoms with Crippen molar-refractivity contribution in [2.24, 2.45) is 0 Å². The first kappa shape index (κ1) is 12.5. The number of halogens is 2. The Morgan fingerprint density at radius 3 is 2.53 bits per heavy atom. The van der Waals surface area contributed by atoms with Crippen LogP contribution in [0, 0.1) is 11.6 Å². The molecule has 0 saturated carbocycles. The fraction of sp³-hybridized carbons (Fsp3) is 0.231. The van der Waals surface area contributed by atoms with E-state index in [0.29, 0.717) is 12.1 Å². The normalized spacial score (nSPS) is 12.6. The first-order chi connectivity index (χ1) is 8.09. The molecule has 0 aliphatic carbocycles. The van der Waals surface area contributed by atoms with Gasteiger partial charge in [0.05, 0.1) is 0 Å². The van der Waals surface area contributed by atoms with Crippen molar-refractivity contribution in [2.75, 3.05) is 0 Å². The SMILES string of the molecule is CC(Cn1cccc1)c1ccc(F)[c]([Ti])c1F. The molecule has 0 fully saturated rings. The Hall–Kier alpha value is -0.926. The third-order valence-corrected chi connectivity index (χ3v) is 3.52. The fourth-order valence-electron chi connectivity index (χ4n) is 1.86. The van der Waals surface area contributed by atoms with Crippen molar-refractivity contribution in [3.05, 3.63) is 53.9 Å². The van der Waals surface area contributed by atoms with E-state index in [-0.39, 0.29) is 9.79 Å². The van der Waals surface area contributed by atoms with Crippen LogP contribution < -0.4 is 3.87 Å². The maximum atomic E-state index is 13.9. The molecule has 0 aliphatic rings. The van der Waals surface area contributed by atoms with Crippen molar-refractivity contribution in [3.63, 3.8) is 0 Å². The van der Waals surface area contributed by atoms with Gasteiger partial charge in [-0.25, -0.2) is 0 Å². The molecule has 1 nitrogen and oxygen atoms in total. The molecule has 1 aromatic heterocycles. The quantitative estimate of drug-likeness (QED) is 0.754. The van der Waals surface area contributed by atoms with Gasteiger partial charge in [-0.2, -0.15) is 0 Å². The predicted molar refractivity (Wildman–Crippen MR) is 58.8 cm³/mol. The summed E-state index contributed by atoms with van der Waals surface area (Å²) in [4.78, 5) is 0. The number of rotatable bonds is 3. The van der Waals surface area contributed by atoms with Gasteiger partial charge >= 0.3 is 111 Å². The van der Waals surface area contributed by atoms with Gasteiger partial charge in [0.1, 0.15) is 0 Å². The molecular weight excluding hydrogens is 256 g/mol. The van der Waals surface area contributed by atoms with Gasteiger partial charge < -0.3 is 0 Å². The summed E-state index contributed by atoms with van der Waals surface area (Å²) < 4.78 is 29.1. The number of aromatic nitrogens is 1. The molecule has 1 heterocycles. The van der Waals surface area contributed by atoms with Gasteiger partial charge in [0, 0.05) is 0 Å². The van der Waals surface area contributed by atoms with Crippen LogP contribution in [0.1, 0.15) is 18.4 Å². The number of nitrogens with zero attached hydrogens (tertiary/aromatic N) is 1. The van der Waals surface area contributed by atoms with Crippen LogP contribution in [0.25, 0.3) is 0 Å². The van der Waals surface area contributed by atoms with Crippen LogP contribution in [0.15, 0.2) is 36.7 Å². The van der Waals surface area contributed by atoms with Gasteiger partial charge in [-0.05, 0) is 0 Å². The first-order valence-corrected chi connectivity index (χ1v) is 6.18. The van der Waals surface area contributed by atoms with E-state index in [1.807, 2.05) is 36.0 Å².